The Morgan fingerprint density at radius 1 is 1.32 bits per heavy atom. The van der Waals surface area contributed by atoms with Gasteiger partial charge in [0.15, 0.2) is 0 Å². The van der Waals surface area contributed by atoms with Gasteiger partial charge in [-0.05, 0) is 37.1 Å². The fourth-order valence-electron chi connectivity index (χ4n) is 3.34. The lowest BCUT2D eigenvalue weighted by atomic mass is 10.1. The summed E-state index contributed by atoms with van der Waals surface area (Å²) in [5.41, 5.74) is 0.707. The lowest BCUT2D eigenvalue weighted by Crippen LogP contribution is -2.36. The minimum atomic E-state index is -3.73. The number of rotatable bonds is 7. The van der Waals surface area contributed by atoms with Gasteiger partial charge < -0.3 is 9.64 Å². The highest BCUT2D eigenvalue weighted by atomic mass is 32.2. The predicted octanol–water partition coefficient (Wildman–Crippen LogP) is 3.06. The van der Waals surface area contributed by atoms with Gasteiger partial charge in [0, 0.05) is 24.8 Å². The number of amidine groups is 1. The van der Waals surface area contributed by atoms with E-state index in [1.165, 1.54) is 12.3 Å². The first-order valence-electron chi connectivity index (χ1n) is 9.69. The van der Waals surface area contributed by atoms with E-state index in [0.717, 1.165) is 24.4 Å². The number of ether oxygens (including phenoxy) is 1. The number of aromatic nitrogens is 1. The number of anilines is 1. The van der Waals surface area contributed by atoms with Gasteiger partial charge in [-0.25, -0.2) is 18.4 Å². The quantitative estimate of drug-likeness (QED) is 0.511. The molecule has 4 rings (SSSR count). The molecular weight excluding hydrogens is 424 g/mol. The average Bonchev–Trinajstić information content (AvgIpc) is 2.73. The van der Waals surface area contributed by atoms with Crippen LogP contribution >= 0.6 is 0 Å². The van der Waals surface area contributed by atoms with Crippen molar-refractivity contribution in [2.75, 3.05) is 23.6 Å². The van der Waals surface area contributed by atoms with Gasteiger partial charge in [-0.15, -0.1) is 0 Å². The molecule has 12 heteroatoms. The first-order valence-corrected chi connectivity index (χ1v) is 11.3. The topological polar surface area (TPSA) is 139 Å². The molecule has 0 spiro atoms. The van der Waals surface area contributed by atoms with Gasteiger partial charge in [0.1, 0.15) is 17.3 Å². The van der Waals surface area contributed by atoms with Crippen LogP contribution in [-0.4, -0.2) is 54.2 Å². The molecule has 0 aliphatic carbocycles. The fourth-order valence-corrected chi connectivity index (χ4v) is 4.48. The van der Waals surface area contributed by atoms with E-state index in [1.54, 1.807) is 31.5 Å². The predicted molar refractivity (Wildman–Crippen MR) is 116 cm³/mol. The van der Waals surface area contributed by atoms with Crippen LogP contribution < -0.4 is 9.46 Å². The van der Waals surface area contributed by atoms with Gasteiger partial charge in [-0.1, -0.05) is 6.92 Å². The Balaban J connectivity index is 1.69. The van der Waals surface area contributed by atoms with Crippen molar-refractivity contribution in [3.05, 3.63) is 46.1 Å². The minimum absolute atomic E-state index is 0.160. The number of nitrogens with zero attached hydrogens (tertiary/aromatic N) is 5. The normalized spacial score (nSPS) is 15.0. The fraction of sp³-hybridized carbons (Fsp3) is 0.316. The Kier molecular flexibility index (Phi) is 5.55. The van der Waals surface area contributed by atoms with Gasteiger partial charge >= 0.3 is 11.6 Å². The summed E-state index contributed by atoms with van der Waals surface area (Å²) >= 11 is 0. The summed E-state index contributed by atoms with van der Waals surface area (Å²) in [4.78, 5) is 25.8. The molecule has 31 heavy (non-hydrogen) atoms. The molecule has 2 aliphatic rings. The number of nitrogens with one attached hydrogen (secondary N) is 1. The van der Waals surface area contributed by atoms with Gasteiger partial charge in [0.2, 0.25) is 10.0 Å². The van der Waals surface area contributed by atoms with E-state index in [0.29, 0.717) is 24.4 Å². The molecule has 2 aliphatic heterocycles. The number of aliphatic imine (C=N–C) groups is 2. The van der Waals surface area contributed by atoms with E-state index in [9.17, 15) is 18.5 Å². The summed E-state index contributed by atoms with van der Waals surface area (Å²) in [7, 11) is -3.73. The highest BCUT2D eigenvalue weighted by molar-refractivity contribution is 7.92. The number of benzene rings is 1. The first-order chi connectivity index (χ1) is 14.9. The van der Waals surface area contributed by atoms with Crippen LogP contribution in [0.5, 0.6) is 11.6 Å². The van der Waals surface area contributed by atoms with Crippen LogP contribution in [0.15, 0.2) is 40.4 Å². The van der Waals surface area contributed by atoms with Crippen molar-refractivity contribution in [2.24, 2.45) is 9.98 Å². The van der Waals surface area contributed by atoms with Crippen molar-refractivity contribution in [3.63, 3.8) is 0 Å². The smallest absolute Gasteiger partial charge is 0.355 e. The molecule has 0 saturated carbocycles. The second-order valence-electron chi connectivity index (χ2n) is 6.97. The molecule has 3 heterocycles. The second-order valence-corrected chi connectivity index (χ2v) is 8.81. The first kappa shape index (κ1) is 20.7. The van der Waals surface area contributed by atoms with Gasteiger partial charge in [0.05, 0.1) is 22.7 Å². The monoisotopic (exact) mass is 444 g/mol. The molecule has 0 atom stereocenters. The van der Waals surface area contributed by atoms with Crippen molar-refractivity contribution in [1.82, 2.24) is 9.88 Å². The molecule has 0 radical (unpaired) electrons. The van der Waals surface area contributed by atoms with E-state index >= 15 is 0 Å². The van der Waals surface area contributed by atoms with E-state index in [4.69, 9.17) is 4.74 Å². The summed E-state index contributed by atoms with van der Waals surface area (Å²) < 4.78 is 32.2. The van der Waals surface area contributed by atoms with Crippen molar-refractivity contribution < 1.29 is 18.1 Å². The lowest BCUT2D eigenvalue weighted by Gasteiger charge is -2.29. The molecule has 162 valence electrons. The van der Waals surface area contributed by atoms with Crippen molar-refractivity contribution in [1.29, 1.82) is 0 Å². The van der Waals surface area contributed by atoms with E-state index in [2.05, 4.69) is 19.7 Å². The molecule has 2 aromatic rings. The Hall–Kier alpha value is -3.54. The number of fused-ring (bicyclic) bond motifs is 3. The molecule has 1 aromatic carbocycles. The zero-order chi connectivity index (χ0) is 22.0. The minimum Gasteiger partial charge on any atom is -0.434 e. The molecule has 0 fully saturated rings. The maximum atomic E-state index is 12.1. The van der Waals surface area contributed by atoms with Crippen LogP contribution in [0.1, 0.15) is 25.3 Å². The molecule has 1 aromatic heterocycles. The standard InChI is InChI=1S/C19H20N6O5S/c1-2-10-31(28,29)23-16-6-8-21-19(17(16)25(26)27)30-13-4-5-15-14(11-13)18-20-7-3-9-24(18)12-22-15/h4-6,8,11-12H,2-3,7,9-10H2,1H3,(H,21,23). The molecule has 0 amide bonds. The highest BCUT2D eigenvalue weighted by Crippen LogP contribution is 2.38. The van der Waals surface area contributed by atoms with Crippen LogP contribution in [0.2, 0.25) is 0 Å². The van der Waals surface area contributed by atoms with E-state index < -0.39 is 20.6 Å². The van der Waals surface area contributed by atoms with Gasteiger partial charge in [-0.2, -0.15) is 0 Å². The van der Waals surface area contributed by atoms with Crippen LogP contribution in [0, 0.1) is 10.1 Å². The van der Waals surface area contributed by atoms with Gasteiger partial charge in [0.25, 0.3) is 0 Å². The largest absolute Gasteiger partial charge is 0.434 e. The number of hydrogen-bond donors (Lipinski definition) is 1. The Labute approximate surface area is 178 Å². The van der Waals surface area contributed by atoms with Crippen molar-refractivity contribution in [2.45, 2.75) is 19.8 Å². The molecular formula is C19H20N6O5S. The molecule has 0 unspecified atom stereocenters. The third-order valence-electron chi connectivity index (χ3n) is 4.66. The average molecular weight is 444 g/mol. The lowest BCUT2D eigenvalue weighted by molar-refractivity contribution is -0.385. The van der Waals surface area contributed by atoms with Crippen LogP contribution in [0.25, 0.3) is 0 Å². The highest BCUT2D eigenvalue weighted by Gasteiger charge is 2.27. The van der Waals surface area contributed by atoms with Gasteiger partial charge in [-0.3, -0.25) is 19.8 Å². The van der Waals surface area contributed by atoms with Crippen molar-refractivity contribution in [3.8, 4) is 11.6 Å². The Bertz CT molecular complexity index is 1190. The molecule has 0 bridgehead atoms. The van der Waals surface area contributed by atoms with Crippen LogP contribution in [-0.2, 0) is 10.0 Å². The summed E-state index contributed by atoms with van der Waals surface area (Å²) in [5, 5.41) is 11.7. The maximum absolute atomic E-state index is 12.1. The number of pyridine rings is 1. The Morgan fingerprint density at radius 2 is 2.16 bits per heavy atom. The zero-order valence-corrected chi connectivity index (χ0v) is 17.5. The second kappa shape index (κ2) is 8.30. The van der Waals surface area contributed by atoms with E-state index in [1.807, 2.05) is 4.90 Å². The SMILES string of the molecule is CCCS(=O)(=O)Nc1ccnc(Oc2ccc3c(c2)C2=NCCCN2C=N3)c1[N+](=O)[O-]. The molecule has 0 saturated heterocycles. The summed E-state index contributed by atoms with van der Waals surface area (Å²) in [6.07, 6.45) is 4.29. The zero-order valence-electron chi connectivity index (χ0n) is 16.7. The maximum Gasteiger partial charge on any atom is 0.355 e. The number of nitro groups is 1. The van der Waals surface area contributed by atoms with E-state index in [-0.39, 0.29) is 17.3 Å². The summed E-state index contributed by atoms with van der Waals surface area (Å²) in [5.74, 6) is 0.592. The van der Waals surface area contributed by atoms with Crippen LogP contribution in [0.4, 0.5) is 17.1 Å². The number of hydrogen-bond acceptors (Lipinski definition) is 9. The number of sulfonamides is 1. The Morgan fingerprint density at radius 3 is 2.94 bits per heavy atom. The summed E-state index contributed by atoms with van der Waals surface area (Å²) in [6.45, 7) is 3.21. The van der Waals surface area contributed by atoms with Crippen LogP contribution in [0.3, 0.4) is 0 Å². The van der Waals surface area contributed by atoms with Crippen molar-refractivity contribution >= 4 is 39.3 Å². The summed E-state index contributed by atoms with van der Waals surface area (Å²) in [6, 6.07) is 6.28. The molecule has 1 N–H and O–H groups in total. The third kappa shape index (κ3) is 4.33. The third-order valence-corrected chi connectivity index (χ3v) is 6.14. The molecule has 11 nitrogen and oxygen atoms in total.